The molecule has 2 aromatic carbocycles. The Morgan fingerprint density at radius 1 is 0.900 bits per heavy atom. The molecule has 160 valence electrons. The van der Waals surface area contributed by atoms with Crippen molar-refractivity contribution in [1.82, 2.24) is 9.88 Å². The third kappa shape index (κ3) is 5.95. The van der Waals surface area contributed by atoms with Crippen molar-refractivity contribution in [1.29, 1.82) is 0 Å². The minimum Gasteiger partial charge on any atom is -0.387 e. The lowest BCUT2D eigenvalue weighted by Gasteiger charge is -2.26. The Kier molecular flexibility index (Phi) is 8.52. The van der Waals surface area contributed by atoms with E-state index in [1.54, 1.807) is 0 Å². The van der Waals surface area contributed by atoms with E-state index in [0.717, 1.165) is 66.5 Å². The summed E-state index contributed by atoms with van der Waals surface area (Å²) in [5.41, 5.74) is 3.45. The molecule has 3 rings (SSSR count). The van der Waals surface area contributed by atoms with Crippen LogP contribution >= 0.6 is 23.2 Å². The van der Waals surface area contributed by atoms with Crippen LogP contribution in [0.5, 0.6) is 0 Å². The zero-order valence-corrected chi connectivity index (χ0v) is 19.3. The first-order chi connectivity index (χ1) is 14.5. The third-order valence-electron chi connectivity index (χ3n) is 5.39. The van der Waals surface area contributed by atoms with E-state index in [1.807, 2.05) is 48.5 Å². The fourth-order valence-corrected chi connectivity index (χ4v) is 3.97. The number of benzene rings is 2. The fraction of sp³-hybridized carbons (Fsp3) is 0.400. The smallest absolute Gasteiger partial charge is 0.0924 e. The van der Waals surface area contributed by atoms with Gasteiger partial charge in [0.05, 0.1) is 17.3 Å². The Hall–Kier alpha value is -1.65. The SMILES string of the molecule is CCCCN(CCCC)C[C@H](O)c1cc(-c2ccc(Cl)cc2)nc2cc(Cl)ccc12. The predicted molar refractivity (Wildman–Crippen MR) is 128 cm³/mol. The van der Waals surface area contributed by atoms with Gasteiger partial charge in [-0.2, -0.15) is 0 Å². The number of nitrogens with zero attached hydrogens (tertiary/aromatic N) is 2. The third-order valence-corrected chi connectivity index (χ3v) is 5.88. The highest BCUT2D eigenvalue weighted by Gasteiger charge is 2.18. The van der Waals surface area contributed by atoms with Gasteiger partial charge in [0.1, 0.15) is 0 Å². The van der Waals surface area contributed by atoms with Crippen LogP contribution in [0.25, 0.3) is 22.2 Å². The van der Waals surface area contributed by atoms with Gasteiger partial charge in [0.25, 0.3) is 0 Å². The number of rotatable bonds is 10. The summed E-state index contributed by atoms with van der Waals surface area (Å²) in [6.07, 6.45) is 3.97. The van der Waals surface area contributed by atoms with Crippen LogP contribution < -0.4 is 0 Å². The summed E-state index contributed by atoms with van der Waals surface area (Å²) in [5.74, 6) is 0. The quantitative estimate of drug-likeness (QED) is 0.360. The van der Waals surface area contributed by atoms with E-state index < -0.39 is 6.10 Å². The molecule has 0 aliphatic carbocycles. The van der Waals surface area contributed by atoms with E-state index in [1.165, 1.54) is 0 Å². The van der Waals surface area contributed by atoms with Crippen molar-refractivity contribution in [2.75, 3.05) is 19.6 Å². The zero-order valence-electron chi connectivity index (χ0n) is 17.7. The highest BCUT2D eigenvalue weighted by Crippen LogP contribution is 2.31. The average molecular weight is 445 g/mol. The molecule has 1 heterocycles. The van der Waals surface area contributed by atoms with Crippen LogP contribution in [0.1, 0.15) is 51.2 Å². The number of unbranched alkanes of at least 4 members (excludes halogenated alkanes) is 2. The summed E-state index contributed by atoms with van der Waals surface area (Å²) in [5, 5.41) is 13.5. The Morgan fingerprint density at radius 3 is 2.17 bits per heavy atom. The van der Waals surface area contributed by atoms with Crippen LogP contribution in [0.3, 0.4) is 0 Å². The van der Waals surface area contributed by atoms with Gasteiger partial charge in [0, 0.05) is 27.5 Å². The van der Waals surface area contributed by atoms with E-state index in [9.17, 15) is 5.11 Å². The minimum atomic E-state index is -0.601. The predicted octanol–water partition coefficient (Wildman–Crippen LogP) is 7.14. The Bertz CT molecular complexity index is 951. The lowest BCUT2D eigenvalue weighted by molar-refractivity contribution is 0.112. The number of pyridine rings is 1. The van der Waals surface area contributed by atoms with Gasteiger partial charge < -0.3 is 10.0 Å². The van der Waals surface area contributed by atoms with Crippen LogP contribution in [0.4, 0.5) is 0 Å². The standard InChI is InChI=1S/C25H30Cl2N2O/c1-3-5-13-29(14-6-4-2)17-25(30)22-16-23(18-7-9-19(26)10-8-18)28-24-15-20(27)11-12-21(22)24/h7-12,15-16,25,30H,3-6,13-14,17H2,1-2H3/t25-/m0/s1. The molecular weight excluding hydrogens is 415 g/mol. The van der Waals surface area contributed by atoms with Gasteiger partial charge >= 0.3 is 0 Å². The maximum Gasteiger partial charge on any atom is 0.0924 e. The topological polar surface area (TPSA) is 36.4 Å². The molecule has 5 heteroatoms. The second-order valence-electron chi connectivity index (χ2n) is 7.79. The molecule has 30 heavy (non-hydrogen) atoms. The molecule has 1 N–H and O–H groups in total. The number of hydrogen-bond acceptors (Lipinski definition) is 3. The number of aromatic nitrogens is 1. The van der Waals surface area contributed by atoms with Crippen LogP contribution in [0.2, 0.25) is 10.0 Å². The van der Waals surface area contributed by atoms with E-state index in [0.29, 0.717) is 16.6 Å². The van der Waals surface area contributed by atoms with Crippen LogP contribution in [0.15, 0.2) is 48.5 Å². The lowest BCUT2D eigenvalue weighted by atomic mass is 9.99. The number of aliphatic hydroxyl groups is 1. The number of aliphatic hydroxyl groups excluding tert-OH is 1. The fourth-order valence-electron chi connectivity index (χ4n) is 3.67. The zero-order chi connectivity index (χ0) is 21.5. The van der Waals surface area contributed by atoms with Crippen molar-refractivity contribution in [2.24, 2.45) is 0 Å². The van der Waals surface area contributed by atoms with Crippen molar-refractivity contribution in [3.8, 4) is 11.3 Å². The largest absolute Gasteiger partial charge is 0.387 e. The van der Waals surface area contributed by atoms with Crippen molar-refractivity contribution in [3.05, 3.63) is 64.1 Å². The van der Waals surface area contributed by atoms with Gasteiger partial charge in [-0.05, 0) is 61.8 Å². The molecule has 0 amide bonds. The number of hydrogen-bond donors (Lipinski definition) is 1. The number of halogens is 2. The lowest BCUT2D eigenvalue weighted by Crippen LogP contribution is -2.31. The summed E-state index contributed by atoms with van der Waals surface area (Å²) >= 11 is 12.3. The van der Waals surface area contributed by atoms with Crippen molar-refractivity contribution in [3.63, 3.8) is 0 Å². The molecule has 3 aromatic rings. The molecule has 0 aliphatic rings. The summed E-state index contributed by atoms with van der Waals surface area (Å²) < 4.78 is 0. The summed E-state index contributed by atoms with van der Waals surface area (Å²) in [6.45, 7) is 7.03. The molecule has 0 saturated carbocycles. The minimum absolute atomic E-state index is 0.601. The molecule has 0 spiro atoms. The Labute approximate surface area is 189 Å². The van der Waals surface area contributed by atoms with E-state index in [-0.39, 0.29) is 0 Å². The van der Waals surface area contributed by atoms with Gasteiger partial charge in [-0.3, -0.25) is 0 Å². The maximum atomic E-state index is 11.2. The highest BCUT2D eigenvalue weighted by molar-refractivity contribution is 6.31. The van der Waals surface area contributed by atoms with Crippen molar-refractivity contribution < 1.29 is 5.11 Å². The van der Waals surface area contributed by atoms with E-state index in [4.69, 9.17) is 28.2 Å². The second-order valence-corrected chi connectivity index (χ2v) is 8.66. The molecule has 0 unspecified atom stereocenters. The van der Waals surface area contributed by atoms with Crippen molar-refractivity contribution >= 4 is 34.1 Å². The second kappa shape index (κ2) is 11.1. The average Bonchev–Trinajstić information content (AvgIpc) is 2.75. The highest BCUT2D eigenvalue weighted by atomic mass is 35.5. The Morgan fingerprint density at radius 2 is 1.53 bits per heavy atom. The van der Waals surface area contributed by atoms with Crippen molar-refractivity contribution in [2.45, 2.75) is 45.6 Å². The maximum absolute atomic E-state index is 11.2. The molecule has 1 aromatic heterocycles. The number of fused-ring (bicyclic) bond motifs is 1. The van der Waals surface area contributed by atoms with E-state index >= 15 is 0 Å². The molecule has 0 fully saturated rings. The molecular formula is C25H30Cl2N2O. The molecule has 0 aliphatic heterocycles. The van der Waals surface area contributed by atoms with Crippen LogP contribution in [-0.4, -0.2) is 34.6 Å². The van der Waals surface area contributed by atoms with Gasteiger partial charge in [0.2, 0.25) is 0 Å². The van der Waals surface area contributed by atoms with Gasteiger partial charge in [-0.25, -0.2) is 4.98 Å². The molecule has 3 nitrogen and oxygen atoms in total. The van der Waals surface area contributed by atoms with Gasteiger partial charge in [0.15, 0.2) is 0 Å². The summed E-state index contributed by atoms with van der Waals surface area (Å²) in [6, 6.07) is 15.3. The first-order valence-electron chi connectivity index (χ1n) is 10.8. The van der Waals surface area contributed by atoms with Gasteiger partial charge in [-0.1, -0.05) is 68.1 Å². The van der Waals surface area contributed by atoms with Crippen LogP contribution in [0, 0.1) is 0 Å². The van der Waals surface area contributed by atoms with E-state index in [2.05, 4.69) is 18.7 Å². The van der Waals surface area contributed by atoms with Gasteiger partial charge in [-0.15, -0.1) is 0 Å². The first-order valence-corrected chi connectivity index (χ1v) is 11.5. The van der Waals surface area contributed by atoms with Crippen LogP contribution in [-0.2, 0) is 0 Å². The summed E-state index contributed by atoms with van der Waals surface area (Å²) in [4.78, 5) is 7.18. The monoisotopic (exact) mass is 444 g/mol. The molecule has 1 atom stereocenters. The molecule has 0 bridgehead atoms. The molecule has 0 radical (unpaired) electrons. The molecule has 0 saturated heterocycles. The Balaban J connectivity index is 1.98. The normalized spacial score (nSPS) is 12.6. The summed E-state index contributed by atoms with van der Waals surface area (Å²) in [7, 11) is 0. The first kappa shape index (κ1) is 23.0.